The van der Waals surface area contributed by atoms with Crippen molar-refractivity contribution < 1.29 is 4.74 Å². The predicted octanol–water partition coefficient (Wildman–Crippen LogP) is 3.59. The lowest BCUT2D eigenvalue weighted by atomic mass is 9.98. The molecule has 0 radical (unpaired) electrons. The van der Waals surface area contributed by atoms with Crippen LogP contribution in [0.4, 0.5) is 0 Å². The molecule has 0 amide bonds. The zero-order chi connectivity index (χ0) is 13.3. The molecule has 1 fully saturated rings. The summed E-state index contributed by atoms with van der Waals surface area (Å²) in [5.41, 5.74) is 1.44. The van der Waals surface area contributed by atoms with Gasteiger partial charge in [0, 0.05) is 13.2 Å². The van der Waals surface area contributed by atoms with Crippen LogP contribution in [0.1, 0.15) is 44.1 Å². The molecule has 1 aromatic carbocycles. The zero-order valence-electron chi connectivity index (χ0n) is 12.1. The van der Waals surface area contributed by atoms with E-state index in [1.165, 1.54) is 24.8 Å². The second-order valence-electron chi connectivity index (χ2n) is 5.72. The van der Waals surface area contributed by atoms with Gasteiger partial charge in [-0.2, -0.15) is 0 Å². The first-order valence-electron chi connectivity index (χ1n) is 7.69. The van der Waals surface area contributed by atoms with E-state index in [9.17, 15) is 0 Å². The summed E-state index contributed by atoms with van der Waals surface area (Å²) < 4.78 is 5.61. The Kier molecular flexibility index (Phi) is 6.38. The fraction of sp³-hybridized carbons (Fsp3) is 0.647. The maximum Gasteiger partial charge on any atom is 0.0494 e. The quantitative estimate of drug-likeness (QED) is 0.650. The van der Waals surface area contributed by atoms with Crippen LogP contribution in [0.25, 0.3) is 0 Å². The van der Waals surface area contributed by atoms with Gasteiger partial charge in [0.1, 0.15) is 0 Å². The van der Waals surface area contributed by atoms with E-state index >= 15 is 0 Å². The second kappa shape index (κ2) is 8.34. The molecule has 1 atom stereocenters. The Labute approximate surface area is 117 Å². The standard InChI is InChI=1S/C17H27NO/c1-15(17-6-3-2-4-7-17)10-12-18-11-5-13-19-14-16-8-9-16/h2-4,6-7,15-16,18H,5,8-14H2,1H3. The molecule has 1 aliphatic carbocycles. The van der Waals surface area contributed by atoms with Gasteiger partial charge in [-0.05, 0) is 56.2 Å². The van der Waals surface area contributed by atoms with Crippen LogP contribution in [-0.2, 0) is 4.74 Å². The van der Waals surface area contributed by atoms with Crippen LogP contribution in [-0.4, -0.2) is 26.3 Å². The maximum absolute atomic E-state index is 5.61. The van der Waals surface area contributed by atoms with Gasteiger partial charge < -0.3 is 10.1 Å². The molecule has 106 valence electrons. The summed E-state index contributed by atoms with van der Waals surface area (Å²) in [6.07, 6.45) is 5.10. The minimum absolute atomic E-state index is 0.639. The third kappa shape index (κ3) is 6.22. The molecule has 0 saturated heterocycles. The molecule has 1 unspecified atom stereocenters. The molecule has 0 aliphatic heterocycles. The van der Waals surface area contributed by atoms with E-state index in [-0.39, 0.29) is 0 Å². The van der Waals surface area contributed by atoms with Crippen LogP contribution in [0.15, 0.2) is 30.3 Å². The monoisotopic (exact) mass is 261 g/mol. The SMILES string of the molecule is CC(CCNCCCOCC1CC1)c1ccccc1. The number of benzene rings is 1. The van der Waals surface area contributed by atoms with Crippen molar-refractivity contribution in [1.29, 1.82) is 0 Å². The van der Waals surface area contributed by atoms with Crippen LogP contribution >= 0.6 is 0 Å². The summed E-state index contributed by atoms with van der Waals surface area (Å²) >= 11 is 0. The van der Waals surface area contributed by atoms with Gasteiger partial charge in [0.25, 0.3) is 0 Å². The molecule has 2 rings (SSSR count). The third-order valence-corrected chi connectivity index (χ3v) is 3.82. The fourth-order valence-electron chi connectivity index (χ4n) is 2.23. The molecule has 1 saturated carbocycles. The fourth-order valence-corrected chi connectivity index (χ4v) is 2.23. The van der Waals surface area contributed by atoms with E-state index in [4.69, 9.17) is 4.74 Å². The second-order valence-corrected chi connectivity index (χ2v) is 5.72. The summed E-state index contributed by atoms with van der Waals surface area (Å²) in [6.45, 7) is 6.38. The third-order valence-electron chi connectivity index (χ3n) is 3.82. The van der Waals surface area contributed by atoms with Crippen molar-refractivity contribution in [3.05, 3.63) is 35.9 Å². The molecular weight excluding hydrogens is 234 g/mol. The van der Waals surface area contributed by atoms with E-state index in [1.807, 2.05) is 0 Å². The first-order chi connectivity index (χ1) is 9.36. The Morgan fingerprint density at radius 2 is 2.00 bits per heavy atom. The van der Waals surface area contributed by atoms with Gasteiger partial charge in [-0.25, -0.2) is 0 Å². The van der Waals surface area contributed by atoms with Crippen molar-refractivity contribution >= 4 is 0 Å². The number of rotatable bonds is 10. The van der Waals surface area contributed by atoms with Crippen molar-refractivity contribution in [1.82, 2.24) is 5.32 Å². The Balaban J connectivity index is 1.43. The van der Waals surface area contributed by atoms with E-state index in [1.54, 1.807) is 0 Å². The Morgan fingerprint density at radius 1 is 1.21 bits per heavy atom. The maximum atomic E-state index is 5.61. The van der Waals surface area contributed by atoms with Crippen molar-refractivity contribution in [2.24, 2.45) is 5.92 Å². The largest absolute Gasteiger partial charge is 0.381 e. The molecule has 2 nitrogen and oxygen atoms in total. The van der Waals surface area contributed by atoms with E-state index < -0.39 is 0 Å². The van der Waals surface area contributed by atoms with Gasteiger partial charge in [-0.3, -0.25) is 0 Å². The van der Waals surface area contributed by atoms with Gasteiger partial charge in [-0.1, -0.05) is 37.3 Å². The lowest BCUT2D eigenvalue weighted by molar-refractivity contribution is 0.122. The lowest BCUT2D eigenvalue weighted by Gasteiger charge is -2.12. The van der Waals surface area contributed by atoms with Crippen LogP contribution < -0.4 is 5.32 Å². The number of ether oxygens (including phenoxy) is 1. The molecule has 1 aliphatic rings. The highest BCUT2D eigenvalue weighted by atomic mass is 16.5. The van der Waals surface area contributed by atoms with Gasteiger partial charge in [-0.15, -0.1) is 0 Å². The van der Waals surface area contributed by atoms with Gasteiger partial charge in [0.15, 0.2) is 0 Å². The Morgan fingerprint density at radius 3 is 2.74 bits per heavy atom. The number of hydrogen-bond acceptors (Lipinski definition) is 2. The molecule has 19 heavy (non-hydrogen) atoms. The molecule has 1 aromatic rings. The van der Waals surface area contributed by atoms with Crippen molar-refractivity contribution in [2.75, 3.05) is 26.3 Å². The Hall–Kier alpha value is -0.860. The van der Waals surface area contributed by atoms with E-state index in [2.05, 4.69) is 42.6 Å². The first kappa shape index (κ1) is 14.5. The molecule has 0 spiro atoms. The van der Waals surface area contributed by atoms with Gasteiger partial charge >= 0.3 is 0 Å². The molecule has 0 heterocycles. The highest BCUT2D eigenvalue weighted by Crippen LogP contribution is 2.28. The highest BCUT2D eigenvalue weighted by molar-refractivity contribution is 5.18. The molecular formula is C17H27NO. The average Bonchev–Trinajstić information content (AvgIpc) is 3.26. The zero-order valence-corrected chi connectivity index (χ0v) is 12.1. The Bertz CT molecular complexity index is 334. The van der Waals surface area contributed by atoms with Crippen LogP contribution in [0.2, 0.25) is 0 Å². The first-order valence-corrected chi connectivity index (χ1v) is 7.69. The molecule has 0 aromatic heterocycles. The lowest BCUT2D eigenvalue weighted by Crippen LogP contribution is -2.19. The smallest absolute Gasteiger partial charge is 0.0494 e. The summed E-state index contributed by atoms with van der Waals surface area (Å²) in [7, 11) is 0. The van der Waals surface area contributed by atoms with Crippen LogP contribution in [0.5, 0.6) is 0 Å². The van der Waals surface area contributed by atoms with E-state index in [0.717, 1.165) is 38.6 Å². The van der Waals surface area contributed by atoms with Crippen LogP contribution in [0, 0.1) is 5.92 Å². The van der Waals surface area contributed by atoms with Crippen molar-refractivity contribution in [2.45, 2.75) is 38.5 Å². The predicted molar refractivity (Wildman–Crippen MR) is 80.5 cm³/mol. The molecule has 2 heteroatoms. The van der Waals surface area contributed by atoms with Crippen molar-refractivity contribution in [3.8, 4) is 0 Å². The topological polar surface area (TPSA) is 21.3 Å². The average molecular weight is 261 g/mol. The molecule has 0 bridgehead atoms. The normalized spacial score (nSPS) is 16.5. The van der Waals surface area contributed by atoms with Gasteiger partial charge in [0.2, 0.25) is 0 Å². The molecule has 1 N–H and O–H groups in total. The number of nitrogens with one attached hydrogen (secondary N) is 1. The summed E-state index contributed by atoms with van der Waals surface area (Å²) in [6, 6.07) is 10.8. The summed E-state index contributed by atoms with van der Waals surface area (Å²) in [4.78, 5) is 0. The van der Waals surface area contributed by atoms with Crippen molar-refractivity contribution in [3.63, 3.8) is 0 Å². The minimum Gasteiger partial charge on any atom is -0.381 e. The summed E-state index contributed by atoms with van der Waals surface area (Å²) in [5, 5.41) is 3.51. The van der Waals surface area contributed by atoms with E-state index in [0.29, 0.717) is 5.92 Å². The van der Waals surface area contributed by atoms with Gasteiger partial charge in [0.05, 0.1) is 0 Å². The highest BCUT2D eigenvalue weighted by Gasteiger charge is 2.20. The summed E-state index contributed by atoms with van der Waals surface area (Å²) in [5.74, 6) is 1.53. The number of hydrogen-bond donors (Lipinski definition) is 1. The van der Waals surface area contributed by atoms with Crippen LogP contribution in [0.3, 0.4) is 0 Å². The minimum atomic E-state index is 0.639.